The second kappa shape index (κ2) is 7.03. The molecule has 1 aliphatic heterocycles. The Hall–Kier alpha value is -2.71. The van der Waals surface area contributed by atoms with Gasteiger partial charge in [-0.15, -0.1) is 10.2 Å². The SMILES string of the molecule is N#CCC[C@@H](C#N)CSc1nnc(-c2ccc3c(c2)OCO3)o1. The van der Waals surface area contributed by atoms with Crippen molar-refractivity contribution in [3.05, 3.63) is 18.2 Å². The highest BCUT2D eigenvalue weighted by Crippen LogP contribution is 2.36. The van der Waals surface area contributed by atoms with Crippen LogP contribution in [0, 0.1) is 28.6 Å². The van der Waals surface area contributed by atoms with Crippen molar-refractivity contribution in [3.8, 4) is 35.1 Å². The first-order chi connectivity index (χ1) is 11.3. The molecular formula is C15H12N4O3S. The highest BCUT2D eigenvalue weighted by Gasteiger charge is 2.17. The van der Waals surface area contributed by atoms with Gasteiger partial charge in [0, 0.05) is 17.7 Å². The van der Waals surface area contributed by atoms with Gasteiger partial charge in [-0.3, -0.25) is 0 Å². The molecule has 1 atom stereocenters. The van der Waals surface area contributed by atoms with Gasteiger partial charge in [0.1, 0.15) is 0 Å². The van der Waals surface area contributed by atoms with Gasteiger partial charge in [-0.1, -0.05) is 11.8 Å². The predicted octanol–water partition coefficient (Wildman–Crippen LogP) is 3.00. The van der Waals surface area contributed by atoms with Gasteiger partial charge in [0.2, 0.25) is 12.7 Å². The first-order valence-electron chi connectivity index (χ1n) is 6.93. The second-order valence-corrected chi connectivity index (χ2v) is 5.75. The third-order valence-corrected chi connectivity index (χ3v) is 4.20. The van der Waals surface area contributed by atoms with Crippen molar-refractivity contribution in [2.45, 2.75) is 18.1 Å². The van der Waals surface area contributed by atoms with Crippen molar-refractivity contribution in [1.29, 1.82) is 10.5 Å². The average Bonchev–Trinajstić information content (AvgIpc) is 3.23. The van der Waals surface area contributed by atoms with Crippen LogP contribution >= 0.6 is 11.8 Å². The second-order valence-electron chi connectivity index (χ2n) is 4.77. The van der Waals surface area contributed by atoms with Gasteiger partial charge < -0.3 is 13.9 Å². The van der Waals surface area contributed by atoms with Gasteiger partial charge in [-0.25, -0.2) is 0 Å². The number of nitriles is 2. The zero-order valence-electron chi connectivity index (χ0n) is 12.1. The highest BCUT2D eigenvalue weighted by molar-refractivity contribution is 7.99. The van der Waals surface area contributed by atoms with Crippen LogP contribution in [0.25, 0.3) is 11.5 Å². The Bertz CT molecular complexity index is 778. The molecule has 8 heteroatoms. The van der Waals surface area contributed by atoms with Crippen LogP contribution < -0.4 is 9.47 Å². The molecule has 2 aromatic rings. The maximum absolute atomic E-state index is 9.04. The van der Waals surface area contributed by atoms with Crippen molar-refractivity contribution >= 4 is 11.8 Å². The van der Waals surface area contributed by atoms with Crippen LogP contribution in [-0.2, 0) is 0 Å². The van der Waals surface area contributed by atoms with E-state index in [4.69, 9.17) is 24.4 Å². The van der Waals surface area contributed by atoms with Crippen LogP contribution in [0.4, 0.5) is 0 Å². The number of rotatable bonds is 6. The molecule has 1 aliphatic rings. The Balaban J connectivity index is 1.64. The largest absolute Gasteiger partial charge is 0.454 e. The molecule has 2 heterocycles. The molecule has 0 amide bonds. The molecular weight excluding hydrogens is 316 g/mol. The zero-order chi connectivity index (χ0) is 16.1. The molecule has 0 saturated carbocycles. The van der Waals surface area contributed by atoms with Gasteiger partial charge in [0.05, 0.1) is 18.1 Å². The maximum atomic E-state index is 9.04. The fraction of sp³-hybridized carbons (Fsp3) is 0.333. The topological polar surface area (TPSA) is 105 Å². The number of ether oxygens (including phenoxy) is 2. The number of fused-ring (bicyclic) bond motifs is 1. The highest BCUT2D eigenvalue weighted by atomic mass is 32.2. The molecule has 0 fully saturated rings. The van der Waals surface area contributed by atoms with Gasteiger partial charge in [-0.05, 0) is 24.6 Å². The number of thioether (sulfide) groups is 1. The smallest absolute Gasteiger partial charge is 0.276 e. The summed E-state index contributed by atoms with van der Waals surface area (Å²) in [4.78, 5) is 0. The molecule has 0 spiro atoms. The summed E-state index contributed by atoms with van der Waals surface area (Å²) < 4.78 is 16.2. The van der Waals surface area contributed by atoms with Crippen LogP contribution in [0.15, 0.2) is 27.8 Å². The van der Waals surface area contributed by atoms with E-state index < -0.39 is 0 Å². The lowest BCUT2D eigenvalue weighted by Gasteiger charge is -2.02. The first-order valence-corrected chi connectivity index (χ1v) is 7.91. The zero-order valence-corrected chi connectivity index (χ0v) is 12.9. The molecule has 0 aliphatic carbocycles. The minimum absolute atomic E-state index is 0.208. The molecule has 0 radical (unpaired) electrons. The van der Waals surface area contributed by atoms with E-state index >= 15 is 0 Å². The van der Waals surface area contributed by atoms with E-state index in [1.54, 1.807) is 12.1 Å². The van der Waals surface area contributed by atoms with Crippen LogP contribution in [0.1, 0.15) is 12.8 Å². The number of hydrogen-bond donors (Lipinski definition) is 0. The molecule has 1 aromatic carbocycles. The van der Waals surface area contributed by atoms with E-state index in [2.05, 4.69) is 16.3 Å². The summed E-state index contributed by atoms with van der Waals surface area (Å²) in [5.41, 5.74) is 0.745. The molecule has 116 valence electrons. The molecule has 0 saturated heterocycles. The van der Waals surface area contributed by atoms with Crippen LogP contribution in [-0.4, -0.2) is 22.7 Å². The Morgan fingerprint density at radius 2 is 2.09 bits per heavy atom. The minimum Gasteiger partial charge on any atom is -0.454 e. The number of benzene rings is 1. The minimum atomic E-state index is -0.208. The summed E-state index contributed by atoms with van der Waals surface area (Å²) in [5, 5.41) is 26.0. The van der Waals surface area contributed by atoms with E-state index in [0.717, 1.165) is 5.56 Å². The number of nitrogens with zero attached hydrogens (tertiary/aromatic N) is 4. The quantitative estimate of drug-likeness (QED) is 0.745. The molecule has 7 nitrogen and oxygen atoms in total. The van der Waals surface area contributed by atoms with Crippen molar-refractivity contribution in [1.82, 2.24) is 10.2 Å². The van der Waals surface area contributed by atoms with Crippen molar-refractivity contribution in [2.75, 3.05) is 12.5 Å². The van der Waals surface area contributed by atoms with E-state index in [-0.39, 0.29) is 12.7 Å². The molecule has 0 unspecified atom stereocenters. The lowest BCUT2D eigenvalue weighted by atomic mass is 10.1. The molecule has 3 rings (SSSR count). The Labute approximate surface area is 136 Å². The molecule has 0 bridgehead atoms. The van der Waals surface area contributed by atoms with Crippen molar-refractivity contribution in [3.63, 3.8) is 0 Å². The Kier molecular flexibility index (Phi) is 4.65. The van der Waals surface area contributed by atoms with Gasteiger partial charge in [0.25, 0.3) is 5.22 Å². The Morgan fingerprint density at radius 1 is 1.22 bits per heavy atom. The number of aromatic nitrogens is 2. The van der Waals surface area contributed by atoms with E-state index in [9.17, 15) is 0 Å². The van der Waals surface area contributed by atoms with Crippen LogP contribution in [0.5, 0.6) is 11.5 Å². The lowest BCUT2D eigenvalue weighted by molar-refractivity contribution is 0.174. The maximum Gasteiger partial charge on any atom is 0.276 e. The van der Waals surface area contributed by atoms with Gasteiger partial charge in [0.15, 0.2) is 11.5 Å². The first kappa shape index (κ1) is 15.2. The summed E-state index contributed by atoms with van der Waals surface area (Å²) in [7, 11) is 0. The number of hydrogen-bond acceptors (Lipinski definition) is 8. The van der Waals surface area contributed by atoms with Gasteiger partial charge in [-0.2, -0.15) is 10.5 Å². The lowest BCUT2D eigenvalue weighted by Crippen LogP contribution is -1.99. The monoisotopic (exact) mass is 328 g/mol. The average molecular weight is 328 g/mol. The summed E-state index contributed by atoms with van der Waals surface area (Å²) in [6, 6.07) is 9.63. The van der Waals surface area contributed by atoms with Crippen LogP contribution in [0.3, 0.4) is 0 Å². The summed E-state index contributed by atoms with van der Waals surface area (Å²) in [5.74, 6) is 2.03. The van der Waals surface area contributed by atoms with E-state index in [1.165, 1.54) is 11.8 Å². The summed E-state index contributed by atoms with van der Waals surface area (Å²) in [6.45, 7) is 0.210. The molecule has 0 N–H and O–H groups in total. The van der Waals surface area contributed by atoms with Gasteiger partial charge >= 0.3 is 0 Å². The summed E-state index contributed by atoms with van der Waals surface area (Å²) >= 11 is 1.32. The fourth-order valence-electron chi connectivity index (χ4n) is 2.01. The fourth-order valence-corrected chi connectivity index (χ4v) is 2.83. The van der Waals surface area contributed by atoms with E-state index in [1.807, 2.05) is 12.1 Å². The molecule has 23 heavy (non-hydrogen) atoms. The predicted molar refractivity (Wildman–Crippen MR) is 80.5 cm³/mol. The normalized spacial score (nSPS) is 13.3. The van der Waals surface area contributed by atoms with E-state index in [0.29, 0.717) is 41.2 Å². The van der Waals surface area contributed by atoms with Crippen molar-refractivity contribution < 1.29 is 13.9 Å². The van der Waals surface area contributed by atoms with Crippen LogP contribution in [0.2, 0.25) is 0 Å². The standard InChI is InChI=1S/C15H12N4O3S/c16-5-1-2-10(7-17)8-23-15-19-18-14(22-15)11-3-4-12-13(6-11)21-9-20-12/h3-4,6,10H,1-2,8-9H2/t10-/m0/s1. The van der Waals surface area contributed by atoms with Crippen molar-refractivity contribution in [2.24, 2.45) is 5.92 Å². The third-order valence-electron chi connectivity index (χ3n) is 3.22. The summed E-state index contributed by atoms with van der Waals surface area (Å²) in [6.07, 6.45) is 0.911. The third kappa shape index (κ3) is 3.55. The Morgan fingerprint density at radius 3 is 2.91 bits per heavy atom. The molecule has 1 aromatic heterocycles.